The van der Waals surface area contributed by atoms with Crippen LogP contribution < -0.4 is 10.2 Å². The van der Waals surface area contributed by atoms with Crippen LogP contribution in [0.15, 0.2) is 33.7 Å². The Labute approximate surface area is 136 Å². The van der Waals surface area contributed by atoms with Crippen molar-refractivity contribution in [3.8, 4) is 5.75 Å². The fourth-order valence-corrected chi connectivity index (χ4v) is 3.36. The van der Waals surface area contributed by atoms with Gasteiger partial charge in [-0.1, -0.05) is 38.2 Å². The van der Waals surface area contributed by atoms with E-state index in [9.17, 15) is 4.79 Å². The van der Waals surface area contributed by atoms with Crippen LogP contribution in [0.1, 0.15) is 44.1 Å². The number of aliphatic hydroxyl groups is 1. The molecule has 0 unspecified atom stereocenters. The molecule has 23 heavy (non-hydrogen) atoms. The van der Waals surface area contributed by atoms with Crippen LogP contribution in [-0.2, 0) is 6.42 Å². The van der Waals surface area contributed by atoms with Gasteiger partial charge in [0.2, 0.25) is 11.2 Å². The van der Waals surface area contributed by atoms with Gasteiger partial charge in [-0.2, -0.15) is 0 Å². The Balaban J connectivity index is 1.81. The lowest BCUT2D eigenvalue weighted by Gasteiger charge is -2.21. The van der Waals surface area contributed by atoms with Crippen LogP contribution in [0.25, 0.3) is 11.0 Å². The standard InChI is InChI=1S/C19H24O4/c20-9-4-10-22-18-13-23-17-8-7-15(12-16(17)19(18)21)11-14-5-2-1-3-6-14/h7-8,12-14,20H,1-6,9-11H2. The quantitative estimate of drug-likeness (QED) is 0.826. The van der Waals surface area contributed by atoms with E-state index < -0.39 is 0 Å². The minimum atomic E-state index is -0.130. The highest BCUT2D eigenvalue weighted by Gasteiger charge is 2.15. The summed E-state index contributed by atoms with van der Waals surface area (Å²) in [4.78, 5) is 12.5. The summed E-state index contributed by atoms with van der Waals surface area (Å²) < 4.78 is 10.9. The first-order valence-corrected chi connectivity index (χ1v) is 8.56. The Kier molecular flexibility index (Phi) is 5.34. The summed E-state index contributed by atoms with van der Waals surface area (Å²) in [5, 5.41) is 9.38. The lowest BCUT2D eigenvalue weighted by atomic mass is 9.85. The molecule has 2 aromatic rings. The van der Waals surface area contributed by atoms with Gasteiger partial charge in [0, 0.05) is 13.0 Å². The second kappa shape index (κ2) is 7.64. The van der Waals surface area contributed by atoms with Gasteiger partial charge >= 0.3 is 0 Å². The Hall–Kier alpha value is -1.81. The molecule has 0 saturated heterocycles. The summed E-state index contributed by atoms with van der Waals surface area (Å²) in [5.41, 5.74) is 1.66. The Morgan fingerprint density at radius 2 is 2.04 bits per heavy atom. The van der Waals surface area contributed by atoms with Gasteiger partial charge in [-0.3, -0.25) is 4.79 Å². The molecule has 1 heterocycles. The highest BCUT2D eigenvalue weighted by molar-refractivity contribution is 5.78. The molecule has 1 fully saturated rings. The molecule has 0 aliphatic heterocycles. The Bertz CT molecular complexity index is 698. The minimum Gasteiger partial charge on any atom is -0.487 e. The maximum Gasteiger partial charge on any atom is 0.234 e. The van der Waals surface area contributed by atoms with Gasteiger partial charge in [-0.05, 0) is 30.0 Å². The van der Waals surface area contributed by atoms with Crippen molar-refractivity contribution < 1.29 is 14.3 Å². The van der Waals surface area contributed by atoms with E-state index in [0.717, 1.165) is 12.3 Å². The van der Waals surface area contributed by atoms with Crippen molar-refractivity contribution in [2.24, 2.45) is 5.92 Å². The molecule has 124 valence electrons. The van der Waals surface area contributed by atoms with Gasteiger partial charge in [0.25, 0.3) is 0 Å². The van der Waals surface area contributed by atoms with Gasteiger partial charge in [0.1, 0.15) is 11.8 Å². The molecule has 0 amide bonds. The smallest absolute Gasteiger partial charge is 0.234 e. The van der Waals surface area contributed by atoms with Crippen LogP contribution in [0.3, 0.4) is 0 Å². The number of aliphatic hydroxyl groups excluding tert-OH is 1. The molecule has 0 radical (unpaired) electrons. The molecule has 0 bridgehead atoms. The predicted molar refractivity (Wildman–Crippen MR) is 90.0 cm³/mol. The summed E-state index contributed by atoms with van der Waals surface area (Å²) in [6.45, 7) is 0.360. The van der Waals surface area contributed by atoms with Crippen molar-refractivity contribution in [3.63, 3.8) is 0 Å². The summed E-state index contributed by atoms with van der Waals surface area (Å²) in [6, 6.07) is 5.90. The van der Waals surface area contributed by atoms with Gasteiger partial charge < -0.3 is 14.3 Å². The van der Waals surface area contributed by atoms with E-state index >= 15 is 0 Å². The second-order valence-corrected chi connectivity index (χ2v) is 6.39. The fourth-order valence-electron chi connectivity index (χ4n) is 3.36. The van der Waals surface area contributed by atoms with Crippen molar-refractivity contribution in [1.29, 1.82) is 0 Å². The molecule has 4 nitrogen and oxygen atoms in total. The van der Waals surface area contributed by atoms with Crippen molar-refractivity contribution >= 4 is 11.0 Å². The summed E-state index contributed by atoms with van der Waals surface area (Å²) in [7, 11) is 0. The van der Waals surface area contributed by atoms with Crippen LogP contribution in [0.5, 0.6) is 5.75 Å². The van der Waals surface area contributed by atoms with E-state index in [1.807, 2.05) is 12.1 Å². The first-order chi connectivity index (χ1) is 11.3. The summed E-state index contributed by atoms with van der Waals surface area (Å²) in [5.74, 6) is 0.956. The predicted octanol–water partition coefficient (Wildman–Crippen LogP) is 3.68. The SMILES string of the molecule is O=c1c(OCCCO)coc2ccc(CC3CCCCC3)cc12. The van der Waals surface area contributed by atoms with Crippen molar-refractivity contribution in [2.45, 2.75) is 44.9 Å². The molecule has 0 spiro atoms. The summed E-state index contributed by atoms with van der Waals surface area (Å²) >= 11 is 0. The van der Waals surface area contributed by atoms with E-state index in [1.165, 1.54) is 43.9 Å². The normalized spacial score (nSPS) is 15.9. The third kappa shape index (κ3) is 3.94. The number of rotatable bonds is 6. The average molecular weight is 316 g/mol. The molecular formula is C19H24O4. The molecule has 4 heteroatoms. The fraction of sp³-hybridized carbons (Fsp3) is 0.526. The molecule has 1 aliphatic carbocycles. The van der Waals surface area contributed by atoms with Crippen LogP contribution in [0.2, 0.25) is 0 Å². The molecule has 1 aromatic carbocycles. The molecule has 1 saturated carbocycles. The number of fused-ring (bicyclic) bond motifs is 1. The largest absolute Gasteiger partial charge is 0.487 e. The van der Waals surface area contributed by atoms with Crippen molar-refractivity contribution in [1.82, 2.24) is 0 Å². The van der Waals surface area contributed by atoms with Crippen LogP contribution in [-0.4, -0.2) is 18.3 Å². The number of hydrogen-bond donors (Lipinski definition) is 1. The van der Waals surface area contributed by atoms with Crippen LogP contribution in [0, 0.1) is 5.92 Å². The third-order valence-electron chi connectivity index (χ3n) is 4.61. The summed E-state index contributed by atoms with van der Waals surface area (Å²) in [6.07, 6.45) is 9.47. The zero-order valence-electron chi connectivity index (χ0n) is 13.4. The Morgan fingerprint density at radius 3 is 2.83 bits per heavy atom. The molecule has 1 aromatic heterocycles. The van der Waals surface area contributed by atoms with Crippen molar-refractivity contribution in [3.05, 3.63) is 40.2 Å². The molecule has 3 rings (SSSR count). The van der Waals surface area contributed by atoms with E-state index in [4.69, 9.17) is 14.3 Å². The molecule has 1 aliphatic rings. The third-order valence-corrected chi connectivity index (χ3v) is 4.61. The maximum atomic E-state index is 12.5. The first-order valence-electron chi connectivity index (χ1n) is 8.56. The van der Waals surface area contributed by atoms with Gasteiger partial charge in [0.15, 0.2) is 0 Å². The zero-order valence-corrected chi connectivity index (χ0v) is 13.4. The van der Waals surface area contributed by atoms with Gasteiger partial charge in [0.05, 0.1) is 12.0 Å². The molecule has 1 N–H and O–H groups in total. The van der Waals surface area contributed by atoms with Crippen LogP contribution >= 0.6 is 0 Å². The number of hydrogen-bond acceptors (Lipinski definition) is 4. The van der Waals surface area contributed by atoms with E-state index in [2.05, 4.69) is 6.07 Å². The van der Waals surface area contributed by atoms with Crippen LogP contribution in [0.4, 0.5) is 0 Å². The monoisotopic (exact) mass is 316 g/mol. The second-order valence-electron chi connectivity index (χ2n) is 6.39. The molecular weight excluding hydrogens is 292 g/mol. The lowest BCUT2D eigenvalue weighted by Crippen LogP contribution is -2.11. The van der Waals surface area contributed by atoms with E-state index in [1.54, 1.807) is 0 Å². The van der Waals surface area contributed by atoms with E-state index in [0.29, 0.717) is 24.0 Å². The maximum absolute atomic E-state index is 12.5. The minimum absolute atomic E-state index is 0.0461. The average Bonchev–Trinajstić information content (AvgIpc) is 2.58. The zero-order chi connectivity index (χ0) is 16.1. The lowest BCUT2D eigenvalue weighted by molar-refractivity contribution is 0.230. The first kappa shape index (κ1) is 16.1. The van der Waals surface area contributed by atoms with Crippen molar-refractivity contribution in [2.75, 3.05) is 13.2 Å². The topological polar surface area (TPSA) is 59.7 Å². The Morgan fingerprint density at radius 1 is 1.22 bits per heavy atom. The van der Waals surface area contributed by atoms with Gasteiger partial charge in [-0.25, -0.2) is 0 Å². The number of ether oxygens (including phenoxy) is 1. The highest BCUT2D eigenvalue weighted by atomic mass is 16.5. The number of benzene rings is 1. The van der Waals surface area contributed by atoms with Gasteiger partial charge in [-0.15, -0.1) is 0 Å². The van der Waals surface area contributed by atoms with E-state index in [-0.39, 0.29) is 17.8 Å². The highest BCUT2D eigenvalue weighted by Crippen LogP contribution is 2.27. The molecule has 0 atom stereocenters.